The Bertz CT molecular complexity index is 348. The fraction of sp³-hybridized carbons (Fsp3) is 0.846. The van der Waals surface area contributed by atoms with Gasteiger partial charge in [0.05, 0.1) is 12.6 Å². The molecule has 2 heterocycles. The van der Waals surface area contributed by atoms with Gasteiger partial charge in [0.15, 0.2) is 5.82 Å². The first-order valence-corrected chi connectivity index (χ1v) is 6.94. The first kappa shape index (κ1) is 13.5. The maximum atomic E-state index is 5.67. The number of nitrogens with zero attached hydrogens (tertiary/aromatic N) is 2. The lowest BCUT2D eigenvalue weighted by molar-refractivity contribution is 0.0153. The zero-order valence-electron chi connectivity index (χ0n) is 11.3. The molecule has 0 aromatic carbocycles. The number of ether oxygens (including phenoxy) is 1. The molecule has 5 nitrogen and oxygen atoms in total. The molecule has 0 amide bonds. The average molecular weight is 253 g/mol. The van der Waals surface area contributed by atoms with E-state index in [-0.39, 0.29) is 6.10 Å². The van der Waals surface area contributed by atoms with Crippen LogP contribution in [0.25, 0.3) is 0 Å². The number of rotatable bonds is 6. The summed E-state index contributed by atoms with van der Waals surface area (Å²) < 4.78 is 10.9. The van der Waals surface area contributed by atoms with Crippen LogP contribution in [0.1, 0.15) is 51.2 Å². The lowest BCUT2D eigenvalue weighted by atomic mass is 10.1. The van der Waals surface area contributed by atoms with E-state index < -0.39 is 0 Å². The SMILES string of the molecule is CCC(C)NCc1nc(CC2CCCCO2)no1. The van der Waals surface area contributed by atoms with Crippen molar-refractivity contribution in [1.29, 1.82) is 0 Å². The van der Waals surface area contributed by atoms with Gasteiger partial charge in [-0.3, -0.25) is 0 Å². The van der Waals surface area contributed by atoms with Crippen molar-refractivity contribution < 1.29 is 9.26 Å². The van der Waals surface area contributed by atoms with Gasteiger partial charge in [-0.2, -0.15) is 4.98 Å². The Morgan fingerprint density at radius 3 is 3.06 bits per heavy atom. The molecule has 18 heavy (non-hydrogen) atoms. The minimum Gasteiger partial charge on any atom is -0.378 e. The second kappa shape index (κ2) is 6.85. The Morgan fingerprint density at radius 1 is 1.44 bits per heavy atom. The highest BCUT2D eigenvalue weighted by molar-refractivity contribution is 4.89. The first-order valence-electron chi connectivity index (χ1n) is 6.94. The predicted octanol–water partition coefficient (Wildman–Crippen LogP) is 2.07. The van der Waals surface area contributed by atoms with E-state index in [0.717, 1.165) is 31.7 Å². The standard InChI is InChI=1S/C13H23N3O2/c1-3-10(2)14-9-13-15-12(16-18-13)8-11-6-4-5-7-17-11/h10-11,14H,3-9H2,1-2H3. The van der Waals surface area contributed by atoms with Crippen LogP contribution in [-0.4, -0.2) is 28.9 Å². The van der Waals surface area contributed by atoms with Crippen molar-refractivity contribution in [3.8, 4) is 0 Å². The predicted molar refractivity (Wildman–Crippen MR) is 68.2 cm³/mol. The average Bonchev–Trinajstić information content (AvgIpc) is 2.85. The van der Waals surface area contributed by atoms with E-state index in [2.05, 4.69) is 29.3 Å². The summed E-state index contributed by atoms with van der Waals surface area (Å²) in [5.74, 6) is 1.43. The molecular formula is C13H23N3O2. The van der Waals surface area contributed by atoms with E-state index in [4.69, 9.17) is 9.26 Å². The van der Waals surface area contributed by atoms with Gasteiger partial charge in [0.25, 0.3) is 0 Å². The summed E-state index contributed by atoms with van der Waals surface area (Å²) in [5, 5.41) is 7.35. The fourth-order valence-corrected chi connectivity index (χ4v) is 2.02. The van der Waals surface area contributed by atoms with Gasteiger partial charge in [0, 0.05) is 19.1 Å². The van der Waals surface area contributed by atoms with Gasteiger partial charge in [-0.05, 0) is 32.6 Å². The summed E-state index contributed by atoms with van der Waals surface area (Å²) in [4.78, 5) is 4.39. The molecule has 1 aliphatic rings. The largest absolute Gasteiger partial charge is 0.378 e. The van der Waals surface area contributed by atoms with E-state index in [1.54, 1.807) is 0 Å². The molecule has 5 heteroatoms. The molecule has 1 aromatic heterocycles. The van der Waals surface area contributed by atoms with Crippen LogP contribution in [0.5, 0.6) is 0 Å². The third-order valence-electron chi connectivity index (χ3n) is 3.41. The maximum Gasteiger partial charge on any atom is 0.240 e. The van der Waals surface area contributed by atoms with Crippen molar-refractivity contribution in [3.63, 3.8) is 0 Å². The molecule has 0 saturated carbocycles. The molecule has 0 spiro atoms. The summed E-state index contributed by atoms with van der Waals surface area (Å²) >= 11 is 0. The van der Waals surface area contributed by atoms with Crippen LogP contribution < -0.4 is 5.32 Å². The molecule has 0 radical (unpaired) electrons. The molecule has 2 rings (SSSR count). The van der Waals surface area contributed by atoms with Crippen molar-refractivity contribution in [2.45, 2.75) is 64.6 Å². The second-order valence-corrected chi connectivity index (χ2v) is 4.99. The topological polar surface area (TPSA) is 60.2 Å². The lowest BCUT2D eigenvalue weighted by Crippen LogP contribution is -2.24. The third-order valence-corrected chi connectivity index (χ3v) is 3.41. The quantitative estimate of drug-likeness (QED) is 0.841. The van der Waals surface area contributed by atoms with Crippen molar-refractivity contribution >= 4 is 0 Å². The Labute approximate surface area is 108 Å². The van der Waals surface area contributed by atoms with Crippen molar-refractivity contribution in [3.05, 3.63) is 11.7 Å². The fourth-order valence-electron chi connectivity index (χ4n) is 2.02. The van der Waals surface area contributed by atoms with Crippen LogP contribution in [0.3, 0.4) is 0 Å². The Balaban J connectivity index is 1.78. The molecule has 1 saturated heterocycles. The van der Waals surface area contributed by atoms with E-state index in [1.807, 2.05) is 0 Å². The second-order valence-electron chi connectivity index (χ2n) is 4.99. The number of aromatic nitrogens is 2. The van der Waals surface area contributed by atoms with Gasteiger partial charge in [-0.25, -0.2) is 0 Å². The number of nitrogens with one attached hydrogen (secondary N) is 1. The molecule has 102 valence electrons. The summed E-state index contributed by atoms with van der Waals surface area (Å²) in [7, 11) is 0. The van der Waals surface area contributed by atoms with Crippen LogP contribution in [0, 0.1) is 0 Å². The first-order chi connectivity index (χ1) is 8.78. The van der Waals surface area contributed by atoms with Gasteiger partial charge in [-0.15, -0.1) is 0 Å². The number of hydrogen-bond acceptors (Lipinski definition) is 5. The Kier molecular flexibility index (Phi) is 5.13. The lowest BCUT2D eigenvalue weighted by Gasteiger charge is -2.20. The number of hydrogen-bond donors (Lipinski definition) is 1. The Morgan fingerprint density at radius 2 is 2.33 bits per heavy atom. The molecule has 0 bridgehead atoms. The van der Waals surface area contributed by atoms with Crippen molar-refractivity contribution in [1.82, 2.24) is 15.5 Å². The van der Waals surface area contributed by atoms with E-state index in [0.29, 0.717) is 18.5 Å². The Hall–Kier alpha value is -0.940. The highest BCUT2D eigenvalue weighted by Crippen LogP contribution is 2.15. The smallest absolute Gasteiger partial charge is 0.240 e. The van der Waals surface area contributed by atoms with E-state index in [1.165, 1.54) is 12.8 Å². The van der Waals surface area contributed by atoms with Gasteiger partial charge in [-0.1, -0.05) is 12.1 Å². The van der Waals surface area contributed by atoms with Gasteiger partial charge in [0.1, 0.15) is 0 Å². The maximum absolute atomic E-state index is 5.67. The normalized spacial score (nSPS) is 22.0. The molecule has 1 aliphatic heterocycles. The summed E-state index contributed by atoms with van der Waals surface area (Å²) in [6.07, 6.45) is 5.66. The van der Waals surface area contributed by atoms with Crippen LogP contribution in [0.4, 0.5) is 0 Å². The zero-order chi connectivity index (χ0) is 12.8. The third kappa shape index (κ3) is 4.07. The van der Waals surface area contributed by atoms with Crippen molar-refractivity contribution in [2.75, 3.05) is 6.61 Å². The summed E-state index contributed by atoms with van der Waals surface area (Å²) in [6.45, 7) is 5.81. The van der Waals surface area contributed by atoms with Crippen LogP contribution >= 0.6 is 0 Å². The minimum absolute atomic E-state index is 0.270. The minimum atomic E-state index is 0.270. The van der Waals surface area contributed by atoms with Crippen molar-refractivity contribution in [2.24, 2.45) is 0 Å². The molecule has 1 aromatic rings. The van der Waals surface area contributed by atoms with Crippen LogP contribution in [0.15, 0.2) is 4.52 Å². The molecule has 2 atom stereocenters. The highest BCUT2D eigenvalue weighted by atomic mass is 16.5. The van der Waals surface area contributed by atoms with E-state index >= 15 is 0 Å². The van der Waals surface area contributed by atoms with E-state index in [9.17, 15) is 0 Å². The van der Waals surface area contributed by atoms with Crippen LogP contribution in [0.2, 0.25) is 0 Å². The van der Waals surface area contributed by atoms with Gasteiger partial charge >= 0.3 is 0 Å². The zero-order valence-corrected chi connectivity index (χ0v) is 11.3. The van der Waals surface area contributed by atoms with Crippen LogP contribution in [-0.2, 0) is 17.7 Å². The highest BCUT2D eigenvalue weighted by Gasteiger charge is 2.17. The molecular weight excluding hydrogens is 230 g/mol. The summed E-state index contributed by atoms with van der Waals surface area (Å²) in [6, 6.07) is 0.474. The molecule has 0 aliphatic carbocycles. The molecule has 1 fully saturated rings. The molecule has 2 unspecified atom stereocenters. The summed E-state index contributed by atoms with van der Waals surface area (Å²) in [5.41, 5.74) is 0. The van der Waals surface area contributed by atoms with Gasteiger partial charge < -0.3 is 14.6 Å². The molecule has 1 N–H and O–H groups in total. The monoisotopic (exact) mass is 253 g/mol. The van der Waals surface area contributed by atoms with Gasteiger partial charge in [0.2, 0.25) is 5.89 Å².